The molecule has 4 aromatic rings. The normalized spacial score (nSPS) is 27.5. The highest BCUT2D eigenvalue weighted by atomic mass is 79.9. The van der Waals surface area contributed by atoms with Gasteiger partial charge in [-0.05, 0) is 61.4 Å². The monoisotopic (exact) mass is 738 g/mol. The summed E-state index contributed by atoms with van der Waals surface area (Å²) in [6.45, 7) is 3.97. The van der Waals surface area contributed by atoms with Crippen LogP contribution in [0.3, 0.4) is 0 Å². The second-order valence-corrected chi connectivity index (χ2v) is 14.2. The number of nitrogens with zero attached hydrogens (tertiary/aromatic N) is 4. The minimum absolute atomic E-state index is 0.326. The van der Waals surface area contributed by atoms with E-state index in [0.717, 1.165) is 31.2 Å². The molecule has 230 valence electrons. The summed E-state index contributed by atoms with van der Waals surface area (Å²) < 4.78 is 1.49. The van der Waals surface area contributed by atoms with Gasteiger partial charge < -0.3 is 0 Å². The van der Waals surface area contributed by atoms with Crippen molar-refractivity contribution in [2.45, 2.75) is 38.0 Å². The van der Waals surface area contributed by atoms with Gasteiger partial charge in [-0.25, -0.2) is 19.8 Å². The minimum atomic E-state index is -0.908. The molecule has 4 amide bonds. The maximum absolute atomic E-state index is 14.6. The molecule has 4 aliphatic heterocycles. The number of hydrazine groups is 1. The van der Waals surface area contributed by atoms with E-state index in [1.807, 2.05) is 84.5 Å². The number of hydrogen-bond acceptors (Lipinski definition) is 6. The zero-order valence-corrected chi connectivity index (χ0v) is 28.1. The highest BCUT2D eigenvalue weighted by Gasteiger charge is 2.73. The van der Waals surface area contributed by atoms with Crippen LogP contribution in [0.1, 0.15) is 34.3 Å². The van der Waals surface area contributed by atoms with Crippen molar-refractivity contribution < 1.29 is 19.2 Å². The van der Waals surface area contributed by atoms with Crippen molar-refractivity contribution in [2.24, 2.45) is 11.8 Å². The fourth-order valence-corrected chi connectivity index (χ4v) is 8.54. The second-order valence-electron chi connectivity index (χ2n) is 12.4. The Morgan fingerprint density at radius 2 is 0.848 bits per heavy atom. The Morgan fingerprint density at radius 1 is 0.478 bits per heavy atom. The lowest BCUT2D eigenvalue weighted by atomic mass is 9.84. The molecule has 4 aliphatic rings. The molecule has 0 spiro atoms. The molecule has 4 aromatic carbocycles. The third-order valence-electron chi connectivity index (χ3n) is 9.70. The molecular formula is C36H28Br2N4O4. The standard InChI is InChI=1S/C36H28Br2N4O4/c1-19-9-13-21(14-10-19)29-27-31(35(45)39(33(27)43)25-7-3-5-23(37)17-25)42-30(22-15-11-20(2)12-16-22)28-32(41(29)42)36(46)40(34(28)44)26-8-4-6-24(38)18-26/h3-18,27-32H,1-2H3. The summed E-state index contributed by atoms with van der Waals surface area (Å²) in [7, 11) is 0. The van der Waals surface area contributed by atoms with Gasteiger partial charge >= 0.3 is 0 Å². The van der Waals surface area contributed by atoms with E-state index in [1.54, 1.807) is 36.4 Å². The zero-order chi connectivity index (χ0) is 32.0. The summed E-state index contributed by atoms with van der Waals surface area (Å²) in [6, 6.07) is 26.9. The molecule has 0 radical (unpaired) electrons. The van der Waals surface area contributed by atoms with Crippen molar-refractivity contribution in [1.82, 2.24) is 10.0 Å². The molecule has 4 fully saturated rings. The smallest absolute Gasteiger partial charge is 0.253 e. The lowest BCUT2D eigenvalue weighted by Gasteiger charge is -2.35. The average molecular weight is 740 g/mol. The van der Waals surface area contributed by atoms with Gasteiger partial charge in [0, 0.05) is 8.95 Å². The first-order valence-corrected chi connectivity index (χ1v) is 16.7. The van der Waals surface area contributed by atoms with E-state index >= 15 is 0 Å². The van der Waals surface area contributed by atoms with E-state index in [9.17, 15) is 19.2 Å². The van der Waals surface area contributed by atoms with Crippen LogP contribution in [0.2, 0.25) is 0 Å². The van der Waals surface area contributed by atoms with Crippen LogP contribution in [0, 0.1) is 25.7 Å². The Morgan fingerprint density at radius 3 is 1.20 bits per heavy atom. The molecule has 0 bridgehead atoms. The molecule has 6 unspecified atom stereocenters. The molecule has 0 aliphatic carbocycles. The fraction of sp³-hybridized carbons (Fsp3) is 0.222. The summed E-state index contributed by atoms with van der Waals surface area (Å²) in [5.41, 5.74) is 4.67. The first-order valence-electron chi connectivity index (χ1n) is 15.1. The quantitative estimate of drug-likeness (QED) is 0.230. The molecule has 8 nitrogen and oxygen atoms in total. The van der Waals surface area contributed by atoms with Gasteiger partial charge in [-0.1, -0.05) is 104 Å². The van der Waals surface area contributed by atoms with Crippen molar-refractivity contribution in [3.63, 3.8) is 0 Å². The lowest BCUT2D eigenvalue weighted by molar-refractivity contribution is -0.136. The lowest BCUT2D eigenvalue weighted by Crippen LogP contribution is -2.50. The summed E-state index contributed by atoms with van der Waals surface area (Å²) in [5.74, 6) is -2.99. The number of carbonyl (C=O) groups is 4. The number of anilines is 2. The summed E-state index contributed by atoms with van der Waals surface area (Å²) >= 11 is 6.96. The van der Waals surface area contributed by atoms with E-state index in [1.165, 1.54) is 9.80 Å². The number of halogens is 2. The average Bonchev–Trinajstić information content (AvgIpc) is 3.69. The second kappa shape index (κ2) is 10.8. The maximum Gasteiger partial charge on any atom is 0.253 e. The van der Waals surface area contributed by atoms with Crippen LogP contribution in [0.4, 0.5) is 11.4 Å². The predicted molar refractivity (Wildman–Crippen MR) is 179 cm³/mol. The van der Waals surface area contributed by atoms with Gasteiger partial charge in [0.15, 0.2) is 0 Å². The summed E-state index contributed by atoms with van der Waals surface area (Å²) in [6.07, 6.45) is 0. The molecule has 46 heavy (non-hydrogen) atoms. The van der Waals surface area contributed by atoms with Crippen LogP contribution < -0.4 is 9.80 Å². The topological polar surface area (TPSA) is 81.2 Å². The number of benzene rings is 4. The van der Waals surface area contributed by atoms with Gasteiger partial charge in [-0.2, -0.15) is 0 Å². The third-order valence-corrected chi connectivity index (χ3v) is 10.7. The van der Waals surface area contributed by atoms with Gasteiger partial charge in [0.05, 0.1) is 35.3 Å². The van der Waals surface area contributed by atoms with Crippen LogP contribution in [-0.4, -0.2) is 45.7 Å². The number of fused-ring (bicyclic) bond motifs is 5. The highest BCUT2D eigenvalue weighted by Crippen LogP contribution is 2.59. The Balaban J connectivity index is 1.33. The largest absolute Gasteiger partial charge is 0.274 e. The molecule has 0 N–H and O–H groups in total. The van der Waals surface area contributed by atoms with Crippen LogP contribution in [-0.2, 0) is 19.2 Å². The number of amides is 4. The summed E-state index contributed by atoms with van der Waals surface area (Å²) in [4.78, 5) is 60.7. The van der Waals surface area contributed by atoms with Crippen molar-refractivity contribution >= 4 is 66.9 Å². The minimum Gasteiger partial charge on any atom is -0.274 e. The first kappa shape index (κ1) is 29.4. The number of imide groups is 2. The third kappa shape index (κ3) is 4.24. The zero-order valence-electron chi connectivity index (χ0n) is 24.9. The van der Waals surface area contributed by atoms with Crippen molar-refractivity contribution in [3.8, 4) is 0 Å². The highest BCUT2D eigenvalue weighted by molar-refractivity contribution is 9.10. The molecule has 0 saturated carbocycles. The predicted octanol–water partition coefficient (Wildman–Crippen LogP) is 6.27. The first-order chi connectivity index (χ1) is 22.2. The van der Waals surface area contributed by atoms with Crippen LogP contribution in [0.5, 0.6) is 0 Å². The SMILES string of the molecule is Cc1ccc(C2C3C(=O)N(c4cccc(Br)c4)C(=O)C3N3C(c4ccc(C)cc4)C4C(=O)N(c5cccc(Br)c5)C(=O)C4N23)cc1. The van der Waals surface area contributed by atoms with E-state index in [2.05, 4.69) is 31.9 Å². The molecule has 6 atom stereocenters. The van der Waals surface area contributed by atoms with Gasteiger partial charge in [0.25, 0.3) is 11.8 Å². The van der Waals surface area contributed by atoms with E-state index in [0.29, 0.717) is 11.4 Å². The molecule has 0 aromatic heterocycles. The van der Waals surface area contributed by atoms with Gasteiger partial charge in [0.2, 0.25) is 11.8 Å². The van der Waals surface area contributed by atoms with Crippen LogP contribution in [0.15, 0.2) is 106 Å². The number of rotatable bonds is 4. The van der Waals surface area contributed by atoms with Crippen LogP contribution in [0.25, 0.3) is 0 Å². The van der Waals surface area contributed by atoms with E-state index < -0.39 is 36.0 Å². The Bertz CT molecular complexity index is 1810. The van der Waals surface area contributed by atoms with Crippen LogP contribution >= 0.6 is 31.9 Å². The Hall–Kier alpha value is -3.96. The van der Waals surface area contributed by atoms with Gasteiger partial charge in [-0.3, -0.25) is 19.2 Å². The molecular weight excluding hydrogens is 712 g/mol. The van der Waals surface area contributed by atoms with Crippen molar-refractivity contribution in [3.05, 3.63) is 128 Å². The van der Waals surface area contributed by atoms with Crippen molar-refractivity contribution in [1.29, 1.82) is 0 Å². The number of hydrogen-bond donors (Lipinski definition) is 0. The summed E-state index contributed by atoms with van der Waals surface area (Å²) in [5, 5.41) is 3.81. The fourth-order valence-electron chi connectivity index (χ4n) is 7.76. The van der Waals surface area contributed by atoms with Gasteiger partial charge in [0.1, 0.15) is 12.1 Å². The number of carbonyl (C=O) groups excluding carboxylic acids is 4. The Labute approximate surface area is 282 Å². The Kier molecular flexibility index (Phi) is 6.91. The maximum atomic E-state index is 14.6. The molecule has 4 heterocycles. The molecule has 4 saturated heterocycles. The molecule has 8 rings (SSSR count). The van der Waals surface area contributed by atoms with E-state index in [4.69, 9.17) is 0 Å². The van der Waals surface area contributed by atoms with Crippen molar-refractivity contribution in [2.75, 3.05) is 9.80 Å². The van der Waals surface area contributed by atoms with E-state index in [-0.39, 0.29) is 23.6 Å². The number of aryl methyl sites for hydroxylation is 2. The van der Waals surface area contributed by atoms with Gasteiger partial charge in [-0.15, -0.1) is 0 Å². The molecule has 10 heteroatoms.